The summed E-state index contributed by atoms with van der Waals surface area (Å²) in [4.78, 5) is 10.5. The molecule has 0 aromatic heterocycles. The standard InChI is InChI=1S/C13H17BrN2O2/c1-9(7-10-5-6-10)15-8-11-3-2-4-12(13(11)14)16(17)18/h2-4,9-10,15H,5-8H2,1H3. The molecule has 98 valence electrons. The lowest BCUT2D eigenvalue weighted by atomic mass is 10.1. The maximum absolute atomic E-state index is 10.8. The van der Waals surface area contributed by atoms with E-state index in [0.717, 1.165) is 11.5 Å². The highest BCUT2D eigenvalue weighted by Crippen LogP contribution is 2.33. The van der Waals surface area contributed by atoms with Gasteiger partial charge in [0.05, 0.1) is 9.40 Å². The van der Waals surface area contributed by atoms with Gasteiger partial charge in [-0.3, -0.25) is 10.1 Å². The molecule has 4 nitrogen and oxygen atoms in total. The Morgan fingerprint density at radius 1 is 1.56 bits per heavy atom. The lowest BCUT2D eigenvalue weighted by molar-refractivity contribution is -0.385. The van der Waals surface area contributed by atoms with Crippen molar-refractivity contribution in [2.24, 2.45) is 5.92 Å². The van der Waals surface area contributed by atoms with E-state index in [0.29, 0.717) is 17.1 Å². The summed E-state index contributed by atoms with van der Waals surface area (Å²) in [5.74, 6) is 0.890. The average molecular weight is 313 g/mol. The maximum atomic E-state index is 10.8. The summed E-state index contributed by atoms with van der Waals surface area (Å²) in [5, 5.41) is 14.2. The molecular weight excluding hydrogens is 296 g/mol. The first-order chi connectivity index (χ1) is 8.58. The molecule has 0 aliphatic heterocycles. The van der Waals surface area contributed by atoms with Crippen molar-refractivity contribution in [2.75, 3.05) is 0 Å². The smallest absolute Gasteiger partial charge is 0.283 e. The lowest BCUT2D eigenvalue weighted by Crippen LogP contribution is -2.26. The fraction of sp³-hybridized carbons (Fsp3) is 0.538. The zero-order valence-electron chi connectivity index (χ0n) is 10.4. The van der Waals surface area contributed by atoms with Gasteiger partial charge in [0.15, 0.2) is 0 Å². The first kappa shape index (κ1) is 13.5. The van der Waals surface area contributed by atoms with E-state index >= 15 is 0 Å². The Morgan fingerprint density at radius 3 is 2.89 bits per heavy atom. The van der Waals surface area contributed by atoms with Gasteiger partial charge in [-0.1, -0.05) is 25.0 Å². The lowest BCUT2D eigenvalue weighted by Gasteiger charge is -2.14. The van der Waals surface area contributed by atoms with Crippen molar-refractivity contribution in [3.63, 3.8) is 0 Å². The number of hydrogen-bond donors (Lipinski definition) is 1. The van der Waals surface area contributed by atoms with Crippen molar-refractivity contribution < 1.29 is 4.92 Å². The summed E-state index contributed by atoms with van der Waals surface area (Å²) in [5.41, 5.74) is 1.07. The van der Waals surface area contributed by atoms with Gasteiger partial charge in [0, 0.05) is 18.7 Å². The van der Waals surface area contributed by atoms with Crippen LogP contribution >= 0.6 is 15.9 Å². The fourth-order valence-corrected chi connectivity index (χ4v) is 2.61. The largest absolute Gasteiger partial charge is 0.310 e. The van der Waals surface area contributed by atoms with Gasteiger partial charge in [-0.25, -0.2) is 0 Å². The quantitative estimate of drug-likeness (QED) is 0.644. The Morgan fingerprint density at radius 2 is 2.28 bits per heavy atom. The molecule has 18 heavy (non-hydrogen) atoms. The Hall–Kier alpha value is -0.940. The SMILES string of the molecule is CC(CC1CC1)NCc1cccc([N+](=O)[O-])c1Br. The summed E-state index contributed by atoms with van der Waals surface area (Å²) >= 11 is 3.31. The molecule has 1 fully saturated rings. The molecule has 1 saturated carbocycles. The van der Waals surface area contributed by atoms with Crippen LogP contribution in [0.5, 0.6) is 0 Å². The van der Waals surface area contributed by atoms with Crippen LogP contribution in [0.15, 0.2) is 22.7 Å². The van der Waals surface area contributed by atoms with Crippen LogP contribution in [0.25, 0.3) is 0 Å². The number of nitrogens with zero attached hydrogens (tertiary/aromatic N) is 1. The number of nitro groups is 1. The molecule has 1 aliphatic carbocycles. The zero-order valence-corrected chi connectivity index (χ0v) is 11.9. The van der Waals surface area contributed by atoms with Crippen LogP contribution in [0.1, 0.15) is 31.7 Å². The van der Waals surface area contributed by atoms with Crippen molar-refractivity contribution in [3.8, 4) is 0 Å². The van der Waals surface area contributed by atoms with Crippen molar-refractivity contribution in [1.29, 1.82) is 0 Å². The van der Waals surface area contributed by atoms with Crippen molar-refractivity contribution in [2.45, 2.75) is 38.8 Å². The second-order valence-corrected chi connectivity index (χ2v) is 5.76. The number of halogens is 1. The maximum Gasteiger partial charge on any atom is 0.283 e. The van der Waals surface area contributed by atoms with Gasteiger partial charge >= 0.3 is 0 Å². The van der Waals surface area contributed by atoms with E-state index in [1.165, 1.54) is 25.3 Å². The molecule has 1 unspecified atom stereocenters. The van der Waals surface area contributed by atoms with Gasteiger partial charge in [-0.2, -0.15) is 0 Å². The van der Waals surface area contributed by atoms with Crippen LogP contribution < -0.4 is 5.32 Å². The first-order valence-corrected chi connectivity index (χ1v) is 7.02. The highest BCUT2D eigenvalue weighted by atomic mass is 79.9. The van der Waals surface area contributed by atoms with Crippen molar-refractivity contribution >= 4 is 21.6 Å². The van der Waals surface area contributed by atoms with E-state index in [1.54, 1.807) is 6.07 Å². The number of hydrogen-bond acceptors (Lipinski definition) is 3. The minimum atomic E-state index is -0.360. The van der Waals surface area contributed by atoms with Gasteiger partial charge in [-0.15, -0.1) is 0 Å². The van der Waals surface area contributed by atoms with Crippen LogP contribution in [0.4, 0.5) is 5.69 Å². The third kappa shape index (κ3) is 3.53. The molecule has 1 atom stereocenters. The monoisotopic (exact) mass is 312 g/mol. The fourth-order valence-electron chi connectivity index (χ4n) is 2.06. The normalized spacial score (nSPS) is 16.6. The van der Waals surface area contributed by atoms with Gasteiger partial charge < -0.3 is 5.32 Å². The molecule has 0 heterocycles. The molecule has 5 heteroatoms. The number of rotatable bonds is 6. The topological polar surface area (TPSA) is 55.2 Å². The summed E-state index contributed by atoms with van der Waals surface area (Å²) in [6.07, 6.45) is 3.91. The zero-order chi connectivity index (χ0) is 13.1. The van der Waals surface area contributed by atoms with E-state index in [2.05, 4.69) is 28.2 Å². The number of nitro benzene ring substituents is 1. The van der Waals surface area contributed by atoms with Gasteiger partial charge in [-0.05, 0) is 40.8 Å². The molecule has 1 aliphatic rings. The second-order valence-electron chi connectivity index (χ2n) is 4.97. The highest BCUT2D eigenvalue weighted by molar-refractivity contribution is 9.10. The summed E-state index contributed by atoms with van der Waals surface area (Å²) in [6.45, 7) is 2.83. The predicted molar refractivity (Wildman–Crippen MR) is 74.4 cm³/mol. The van der Waals surface area contributed by atoms with E-state index in [-0.39, 0.29) is 10.6 Å². The average Bonchev–Trinajstić information content (AvgIpc) is 3.11. The summed E-state index contributed by atoms with van der Waals surface area (Å²) in [7, 11) is 0. The van der Waals surface area contributed by atoms with Gasteiger partial charge in [0.1, 0.15) is 0 Å². The van der Waals surface area contributed by atoms with Gasteiger partial charge in [0.25, 0.3) is 5.69 Å². The van der Waals surface area contributed by atoms with E-state index in [4.69, 9.17) is 0 Å². The summed E-state index contributed by atoms with van der Waals surface area (Å²) in [6, 6.07) is 5.62. The van der Waals surface area contributed by atoms with Gasteiger partial charge in [0.2, 0.25) is 0 Å². The minimum absolute atomic E-state index is 0.129. The Balaban J connectivity index is 1.95. The van der Waals surface area contributed by atoms with E-state index in [9.17, 15) is 10.1 Å². The molecule has 1 N–H and O–H groups in total. The number of benzene rings is 1. The van der Waals surface area contributed by atoms with Crippen LogP contribution in [0, 0.1) is 16.0 Å². The van der Waals surface area contributed by atoms with Crippen molar-refractivity contribution in [1.82, 2.24) is 5.32 Å². The molecule has 2 rings (SSSR count). The van der Waals surface area contributed by atoms with Crippen LogP contribution in [-0.4, -0.2) is 11.0 Å². The molecule has 0 spiro atoms. The molecular formula is C13H17BrN2O2. The summed E-state index contributed by atoms with van der Waals surface area (Å²) < 4.78 is 0.584. The highest BCUT2D eigenvalue weighted by Gasteiger charge is 2.23. The predicted octanol–water partition coefficient (Wildman–Crippen LogP) is 3.64. The van der Waals surface area contributed by atoms with Crippen LogP contribution in [-0.2, 0) is 6.54 Å². The molecule has 0 amide bonds. The van der Waals surface area contributed by atoms with E-state index in [1.807, 2.05) is 6.07 Å². The third-order valence-electron chi connectivity index (χ3n) is 3.28. The molecule has 1 aromatic rings. The Kier molecular flexibility index (Phi) is 4.35. The first-order valence-electron chi connectivity index (χ1n) is 6.23. The Bertz CT molecular complexity index is 447. The minimum Gasteiger partial charge on any atom is -0.310 e. The third-order valence-corrected chi connectivity index (χ3v) is 4.20. The molecule has 1 aromatic carbocycles. The van der Waals surface area contributed by atoms with Crippen LogP contribution in [0.3, 0.4) is 0 Å². The second kappa shape index (κ2) is 5.80. The van der Waals surface area contributed by atoms with Crippen LogP contribution in [0.2, 0.25) is 0 Å². The van der Waals surface area contributed by atoms with Crippen molar-refractivity contribution in [3.05, 3.63) is 38.3 Å². The number of nitrogens with one attached hydrogen (secondary N) is 1. The molecule has 0 saturated heterocycles. The molecule has 0 bridgehead atoms. The Labute approximate surface area is 115 Å². The molecule has 0 radical (unpaired) electrons. The van der Waals surface area contributed by atoms with E-state index < -0.39 is 0 Å².